The zero-order valence-electron chi connectivity index (χ0n) is 17.6. The number of aryl methyl sites for hydroxylation is 1. The van der Waals surface area contributed by atoms with Crippen molar-refractivity contribution in [1.29, 1.82) is 0 Å². The van der Waals surface area contributed by atoms with Crippen molar-refractivity contribution in [3.63, 3.8) is 0 Å². The summed E-state index contributed by atoms with van der Waals surface area (Å²) in [6, 6.07) is 18.9. The predicted molar refractivity (Wildman–Crippen MR) is 124 cm³/mol. The van der Waals surface area contributed by atoms with Crippen LogP contribution in [0.25, 0.3) is 11.0 Å². The smallest absolute Gasteiger partial charge is 0.291 e. The number of hydrogen-bond acceptors (Lipinski definition) is 4. The third-order valence-corrected chi connectivity index (χ3v) is 6.58. The van der Waals surface area contributed by atoms with Gasteiger partial charge in [-0.2, -0.15) is 0 Å². The Bertz CT molecular complexity index is 1390. The lowest BCUT2D eigenvalue weighted by atomic mass is 9.98. The minimum absolute atomic E-state index is 0.0279. The summed E-state index contributed by atoms with van der Waals surface area (Å²) >= 11 is 1.62. The van der Waals surface area contributed by atoms with Gasteiger partial charge in [0.05, 0.1) is 17.0 Å². The Morgan fingerprint density at radius 1 is 1.00 bits per heavy atom. The maximum Gasteiger partial charge on any atom is 0.291 e. The van der Waals surface area contributed by atoms with E-state index in [1.165, 1.54) is 18.2 Å². The van der Waals surface area contributed by atoms with Crippen molar-refractivity contribution >= 4 is 28.6 Å². The van der Waals surface area contributed by atoms with Crippen molar-refractivity contribution in [2.45, 2.75) is 24.4 Å². The molecule has 3 aromatic carbocycles. The Balaban J connectivity index is 1.70. The minimum atomic E-state index is -0.612. The normalized spacial score (nSPS) is 15.4. The zero-order valence-corrected chi connectivity index (χ0v) is 18.4. The van der Waals surface area contributed by atoms with Gasteiger partial charge in [0.1, 0.15) is 11.4 Å². The third-order valence-electron chi connectivity index (χ3n) is 5.83. The van der Waals surface area contributed by atoms with Crippen LogP contribution in [-0.2, 0) is 6.54 Å². The molecule has 0 spiro atoms. The number of carbonyl (C=O) groups excluding carboxylic acids is 1. The molecule has 0 unspecified atom stereocenters. The first-order chi connectivity index (χ1) is 15.5. The van der Waals surface area contributed by atoms with Gasteiger partial charge >= 0.3 is 0 Å². The molecule has 0 bridgehead atoms. The number of benzene rings is 3. The van der Waals surface area contributed by atoms with E-state index in [2.05, 4.69) is 0 Å². The largest absolute Gasteiger partial charge is 0.450 e. The number of rotatable bonds is 4. The molecule has 1 atom stereocenters. The lowest BCUT2D eigenvalue weighted by Gasteiger charge is -2.25. The molecule has 1 aromatic heterocycles. The lowest BCUT2D eigenvalue weighted by Crippen LogP contribution is -2.29. The first-order valence-corrected chi connectivity index (χ1v) is 11.5. The SMILES string of the molecule is CSc1ccc([C@H]2c3c(oc4ccc(F)cc4c3=O)C(=O)N2Cc2ccc(C)cc2)cc1. The number of halogens is 1. The van der Waals surface area contributed by atoms with Crippen LogP contribution in [0.1, 0.15) is 38.9 Å². The van der Waals surface area contributed by atoms with Gasteiger partial charge in [0.2, 0.25) is 5.76 Å². The van der Waals surface area contributed by atoms with Crippen LogP contribution in [0.2, 0.25) is 0 Å². The number of amides is 1. The highest BCUT2D eigenvalue weighted by molar-refractivity contribution is 7.98. The van der Waals surface area contributed by atoms with E-state index in [9.17, 15) is 14.0 Å². The molecule has 32 heavy (non-hydrogen) atoms. The van der Waals surface area contributed by atoms with Crippen LogP contribution in [0.3, 0.4) is 0 Å². The molecule has 0 fully saturated rings. The molecule has 0 saturated carbocycles. The molecule has 4 aromatic rings. The quantitative estimate of drug-likeness (QED) is 0.378. The van der Waals surface area contributed by atoms with E-state index in [1.807, 2.05) is 61.7 Å². The molecule has 0 saturated heterocycles. The summed E-state index contributed by atoms with van der Waals surface area (Å²) < 4.78 is 19.8. The van der Waals surface area contributed by atoms with Gasteiger partial charge < -0.3 is 9.32 Å². The molecule has 2 heterocycles. The average Bonchev–Trinajstić information content (AvgIpc) is 3.08. The number of thioether (sulfide) groups is 1. The highest BCUT2D eigenvalue weighted by atomic mass is 32.2. The fourth-order valence-corrected chi connectivity index (χ4v) is 4.59. The summed E-state index contributed by atoms with van der Waals surface area (Å²) in [4.78, 5) is 29.6. The predicted octanol–water partition coefficient (Wildman–Crippen LogP) is 5.71. The van der Waals surface area contributed by atoms with Crippen LogP contribution in [0.5, 0.6) is 0 Å². The van der Waals surface area contributed by atoms with Crippen LogP contribution >= 0.6 is 11.8 Å². The van der Waals surface area contributed by atoms with E-state index in [0.717, 1.165) is 21.6 Å². The van der Waals surface area contributed by atoms with Crippen molar-refractivity contribution in [3.8, 4) is 0 Å². The number of carbonyl (C=O) groups is 1. The van der Waals surface area contributed by atoms with Crippen LogP contribution in [0.15, 0.2) is 80.8 Å². The first kappa shape index (κ1) is 20.5. The standard InChI is InChI=1S/C26H20FNO3S/c1-15-3-5-16(6-4-15)14-28-23(17-7-10-19(32-2)11-8-17)22-24(29)20-13-18(27)9-12-21(20)31-25(22)26(28)30/h3-13,23H,14H2,1-2H3/t23-/m0/s1. The van der Waals surface area contributed by atoms with Crippen molar-refractivity contribution < 1.29 is 13.6 Å². The van der Waals surface area contributed by atoms with E-state index in [0.29, 0.717) is 6.54 Å². The Morgan fingerprint density at radius 3 is 2.41 bits per heavy atom. The Morgan fingerprint density at radius 2 is 1.72 bits per heavy atom. The van der Waals surface area contributed by atoms with E-state index < -0.39 is 11.9 Å². The third kappa shape index (κ3) is 3.41. The van der Waals surface area contributed by atoms with E-state index in [4.69, 9.17) is 4.42 Å². The van der Waals surface area contributed by atoms with Crippen LogP contribution in [-0.4, -0.2) is 17.1 Å². The number of fused-ring (bicyclic) bond motifs is 2. The summed E-state index contributed by atoms with van der Waals surface area (Å²) in [5, 5.41) is 0.138. The van der Waals surface area contributed by atoms with Gasteiger partial charge in [-0.25, -0.2) is 4.39 Å². The van der Waals surface area contributed by atoms with Gasteiger partial charge in [0, 0.05) is 11.4 Å². The summed E-state index contributed by atoms with van der Waals surface area (Å²) in [5.74, 6) is -0.838. The molecule has 160 valence electrons. The van der Waals surface area contributed by atoms with Crippen molar-refractivity contribution in [1.82, 2.24) is 4.90 Å². The lowest BCUT2D eigenvalue weighted by molar-refractivity contribution is 0.0714. The molecular weight excluding hydrogens is 425 g/mol. The van der Waals surface area contributed by atoms with Gasteiger partial charge in [0.15, 0.2) is 5.43 Å². The second-order valence-corrected chi connectivity index (χ2v) is 8.79. The topological polar surface area (TPSA) is 50.5 Å². The Labute approximate surface area is 188 Å². The van der Waals surface area contributed by atoms with E-state index in [1.54, 1.807) is 16.7 Å². The fraction of sp³-hybridized carbons (Fsp3) is 0.154. The van der Waals surface area contributed by atoms with Gasteiger partial charge in [-0.1, -0.05) is 42.0 Å². The van der Waals surface area contributed by atoms with E-state index >= 15 is 0 Å². The maximum atomic E-state index is 13.9. The Kier molecular flexibility index (Phi) is 5.10. The number of hydrogen-bond donors (Lipinski definition) is 0. The van der Waals surface area contributed by atoms with Crippen LogP contribution in [0.4, 0.5) is 4.39 Å². The highest BCUT2D eigenvalue weighted by Gasteiger charge is 2.42. The molecule has 1 amide bonds. The molecule has 1 aliphatic heterocycles. The zero-order chi connectivity index (χ0) is 22.4. The van der Waals surface area contributed by atoms with Gasteiger partial charge in [0.25, 0.3) is 5.91 Å². The molecule has 1 aliphatic rings. The molecule has 4 nitrogen and oxygen atoms in total. The minimum Gasteiger partial charge on any atom is -0.450 e. The Hall–Kier alpha value is -3.38. The van der Waals surface area contributed by atoms with Crippen molar-refractivity contribution in [3.05, 3.63) is 111 Å². The van der Waals surface area contributed by atoms with Gasteiger partial charge in [-0.05, 0) is 54.6 Å². The number of nitrogens with zero attached hydrogens (tertiary/aromatic N) is 1. The van der Waals surface area contributed by atoms with E-state index in [-0.39, 0.29) is 33.6 Å². The van der Waals surface area contributed by atoms with Crippen LogP contribution < -0.4 is 5.43 Å². The summed E-state index contributed by atoms with van der Waals surface area (Å²) in [5.41, 5.74) is 2.98. The molecule has 0 radical (unpaired) electrons. The second kappa shape index (κ2) is 7.95. The molecule has 0 aliphatic carbocycles. The van der Waals surface area contributed by atoms with Crippen LogP contribution in [0, 0.1) is 12.7 Å². The molecular formula is C26H20FNO3S. The van der Waals surface area contributed by atoms with Gasteiger partial charge in [-0.15, -0.1) is 11.8 Å². The summed E-state index contributed by atoms with van der Waals surface area (Å²) in [7, 11) is 0. The highest BCUT2D eigenvalue weighted by Crippen LogP contribution is 2.39. The maximum absolute atomic E-state index is 13.9. The monoisotopic (exact) mass is 445 g/mol. The van der Waals surface area contributed by atoms with Gasteiger partial charge in [-0.3, -0.25) is 9.59 Å². The average molecular weight is 446 g/mol. The first-order valence-electron chi connectivity index (χ1n) is 10.2. The second-order valence-electron chi connectivity index (χ2n) is 7.91. The fourth-order valence-electron chi connectivity index (χ4n) is 4.18. The summed E-state index contributed by atoms with van der Waals surface area (Å²) in [6.45, 7) is 2.33. The summed E-state index contributed by atoms with van der Waals surface area (Å²) in [6.07, 6.45) is 1.99. The molecule has 5 rings (SSSR count). The van der Waals surface area contributed by atoms with Crippen molar-refractivity contribution in [2.75, 3.05) is 6.26 Å². The molecule has 0 N–H and O–H groups in total. The molecule has 6 heteroatoms. The van der Waals surface area contributed by atoms with Crippen molar-refractivity contribution in [2.24, 2.45) is 0 Å².